The van der Waals surface area contributed by atoms with Crippen LogP contribution in [-0.4, -0.2) is 53.8 Å². The molecule has 1 N–H and O–H groups in total. The summed E-state index contributed by atoms with van der Waals surface area (Å²) in [6.45, 7) is 11.9. The minimum absolute atomic E-state index is 0.0466. The Bertz CT molecular complexity index is 316. The molecular weight excluding hydrogens is 256 g/mol. The molecule has 3 atom stereocenters. The molecule has 118 valence electrons. The second-order valence-corrected chi connectivity index (χ2v) is 5.78. The number of rotatable bonds is 9. The van der Waals surface area contributed by atoms with Gasteiger partial charge in [0.15, 0.2) is 5.78 Å². The van der Waals surface area contributed by atoms with E-state index >= 15 is 0 Å². The lowest BCUT2D eigenvalue weighted by molar-refractivity contribution is -0.132. The van der Waals surface area contributed by atoms with Crippen LogP contribution < -0.4 is 0 Å². The van der Waals surface area contributed by atoms with Crippen molar-refractivity contribution < 1.29 is 14.7 Å². The summed E-state index contributed by atoms with van der Waals surface area (Å²) < 4.78 is 0. The largest absolute Gasteiger partial charge is 0.396 e. The summed E-state index contributed by atoms with van der Waals surface area (Å²) in [4.78, 5) is 19.2. The SMILES string of the molecule is CCO/N=C/[C@@H](C)[C@@H](O)[C@@H](C(=O)C(C)C)N(C)C(C)C. The number of ketones is 1. The highest BCUT2D eigenvalue weighted by atomic mass is 16.6. The topological polar surface area (TPSA) is 62.1 Å². The third-order valence-electron chi connectivity index (χ3n) is 3.48. The Morgan fingerprint density at radius 2 is 1.85 bits per heavy atom. The molecule has 0 amide bonds. The minimum Gasteiger partial charge on any atom is -0.396 e. The number of oxime groups is 1. The predicted molar refractivity (Wildman–Crippen MR) is 81.8 cm³/mol. The number of Topliss-reactive ketones (excluding diaryl/α,β-unsaturated/α-hetero) is 1. The summed E-state index contributed by atoms with van der Waals surface area (Å²) in [5.41, 5.74) is 0. The van der Waals surface area contributed by atoms with Gasteiger partial charge in [0.25, 0.3) is 0 Å². The first-order valence-electron chi connectivity index (χ1n) is 7.33. The van der Waals surface area contributed by atoms with Gasteiger partial charge in [-0.2, -0.15) is 0 Å². The van der Waals surface area contributed by atoms with Gasteiger partial charge >= 0.3 is 0 Å². The molecule has 0 aromatic carbocycles. The summed E-state index contributed by atoms with van der Waals surface area (Å²) in [5, 5.41) is 14.3. The molecule has 0 aliphatic heterocycles. The van der Waals surface area contributed by atoms with E-state index < -0.39 is 12.1 Å². The van der Waals surface area contributed by atoms with Crippen LogP contribution in [0.2, 0.25) is 0 Å². The fourth-order valence-corrected chi connectivity index (χ4v) is 1.86. The molecule has 0 rings (SSSR count). The number of carbonyl (C=O) groups is 1. The van der Waals surface area contributed by atoms with E-state index in [1.165, 1.54) is 0 Å². The van der Waals surface area contributed by atoms with E-state index in [2.05, 4.69) is 5.16 Å². The van der Waals surface area contributed by atoms with E-state index in [0.29, 0.717) is 6.61 Å². The van der Waals surface area contributed by atoms with Crippen LogP contribution in [0.1, 0.15) is 41.5 Å². The maximum Gasteiger partial charge on any atom is 0.155 e. The number of nitrogens with zero attached hydrogens (tertiary/aromatic N) is 2. The van der Waals surface area contributed by atoms with Crippen molar-refractivity contribution in [2.75, 3.05) is 13.7 Å². The summed E-state index contributed by atoms with van der Waals surface area (Å²) in [6.07, 6.45) is 0.754. The molecule has 0 saturated heterocycles. The van der Waals surface area contributed by atoms with Gasteiger partial charge in [-0.15, -0.1) is 0 Å². The van der Waals surface area contributed by atoms with Crippen LogP contribution in [0.4, 0.5) is 0 Å². The number of hydrogen-bond donors (Lipinski definition) is 1. The van der Waals surface area contributed by atoms with E-state index in [0.717, 1.165) is 0 Å². The number of likely N-dealkylation sites (N-methyl/N-ethyl adjacent to an activating group) is 1. The molecule has 0 aliphatic carbocycles. The van der Waals surface area contributed by atoms with E-state index in [1.54, 1.807) is 6.21 Å². The van der Waals surface area contributed by atoms with Gasteiger partial charge in [-0.05, 0) is 27.8 Å². The van der Waals surface area contributed by atoms with Gasteiger partial charge < -0.3 is 9.94 Å². The van der Waals surface area contributed by atoms with Gasteiger partial charge in [0, 0.05) is 24.1 Å². The van der Waals surface area contributed by atoms with Gasteiger partial charge in [-0.25, -0.2) is 0 Å². The Hall–Kier alpha value is -0.940. The lowest BCUT2D eigenvalue weighted by Gasteiger charge is -2.36. The zero-order valence-corrected chi connectivity index (χ0v) is 13.8. The smallest absolute Gasteiger partial charge is 0.155 e. The molecule has 0 unspecified atom stereocenters. The molecule has 0 heterocycles. The van der Waals surface area contributed by atoms with Gasteiger partial charge in [-0.3, -0.25) is 9.69 Å². The molecule has 0 spiro atoms. The van der Waals surface area contributed by atoms with Crippen LogP contribution in [0.25, 0.3) is 0 Å². The number of aliphatic hydroxyl groups excluding tert-OH is 1. The molecule has 0 aliphatic rings. The maximum absolute atomic E-state index is 12.4. The van der Waals surface area contributed by atoms with Crippen molar-refractivity contribution in [1.82, 2.24) is 4.90 Å². The molecule has 0 fully saturated rings. The number of carbonyl (C=O) groups excluding carboxylic acids is 1. The van der Waals surface area contributed by atoms with Gasteiger partial charge in [0.2, 0.25) is 0 Å². The molecule has 0 bridgehead atoms. The standard InChI is InChI=1S/C15H30N2O3/c1-8-20-16-9-12(6)15(19)13(14(18)10(2)3)17(7)11(4)5/h9-13,15,19H,8H2,1-7H3/b16-9+/t12-,13-,15-/m1/s1. The Balaban J connectivity index is 5.06. The van der Waals surface area contributed by atoms with Crippen LogP contribution in [0.3, 0.4) is 0 Å². The number of aliphatic hydroxyl groups is 1. The second kappa shape index (κ2) is 9.08. The van der Waals surface area contributed by atoms with Crippen molar-refractivity contribution in [2.45, 2.75) is 59.7 Å². The number of hydrogen-bond acceptors (Lipinski definition) is 5. The Labute approximate surface area is 123 Å². The molecule has 0 aromatic rings. The van der Waals surface area contributed by atoms with Gasteiger partial charge in [0.05, 0.1) is 12.1 Å². The fraction of sp³-hybridized carbons (Fsp3) is 0.867. The zero-order chi connectivity index (χ0) is 15.9. The normalized spacial score (nSPS) is 16.9. The molecule has 20 heavy (non-hydrogen) atoms. The highest BCUT2D eigenvalue weighted by Crippen LogP contribution is 2.17. The third kappa shape index (κ3) is 5.59. The van der Waals surface area contributed by atoms with Crippen molar-refractivity contribution in [3.05, 3.63) is 0 Å². The Morgan fingerprint density at radius 3 is 2.25 bits per heavy atom. The summed E-state index contributed by atoms with van der Waals surface area (Å²) >= 11 is 0. The summed E-state index contributed by atoms with van der Waals surface area (Å²) in [7, 11) is 1.87. The summed E-state index contributed by atoms with van der Waals surface area (Å²) in [6, 6.07) is -0.355. The monoisotopic (exact) mass is 286 g/mol. The summed E-state index contributed by atoms with van der Waals surface area (Å²) in [5.74, 6) is -0.326. The molecule has 5 nitrogen and oxygen atoms in total. The van der Waals surface area contributed by atoms with Gasteiger partial charge in [0.1, 0.15) is 6.61 Å². The van der Waals surface area contributed by atoms with E-state index in [1.807, 2.05) is 53.5 Å². The lowest BCUT2D eigenvalue weighted by Crippen LogP contribution is -2.53. The average molecular weight is 286 g/mol. The quantitative estimate of drug-likeness (QED) is 0.520. The van der Waals surface area contributed by atoms with Crippen molar-refractivity contribution >= 4 is 12.0 Å². The van der Waals surface area contributed by atoms with Crippen molar-refractivity contribution in [3.8, 4) is 0 Å². The molecule has 0 aromatic heterocycles. The van der Waals surface area contributed by atoms with Crippen LogP contribution in [0.15, 0.2) is 5.16 Å². The zero-order valence-electron chi connectivity index (χ0n) is 13.8. The van der Waals surface area contributed by atoms with Crippen LogP contribution in [0, 0.1) is 11.8 Å². The minimum atomic E-state index is -0.804. The van der Waals surface area contributed by atoms with E-state index in [9.17, 15) is 9.90 Å². The molecular formula is C15H30N2O3. The fourth-order valence-electron chi connectivity index (χ4n) is 1.86. The van der Waals surface area contributed by atoms with Crippen LogP contribution in [0.5, 0.6) is 0 Å². The predicted octanol–water partition coefficient (Wildman–Crippen LogP) is 1.94. The van der Waals surface area contributed by atoms with Gasteiger partial charge in [-0.1, -0.05) is 25.9 Å². The molecule has 0 radical (unpaired) electrons. The van der Waals surface area contributed by atoms with Crippen molar-refractivity contribution in [3.63, 3.8) is 0 Å². The van der Waals surface area contributed by atoms with Crippen molar-refractivity contribution in [1.29, 1.82) is 0 Å². The lowest BCUT2D eigenvalue weighted by atomic mass is 9.89. The first kappa shape index (κ1) is 19.1. The Morgan fingerprint density at radius 1 is 1.30 bits per heavy atom. The molecule has 0 saturated carbocycles. The third-order valence-corrected chi connectivity index (χ3v) is 3.48. The van der Waals surface area contributed by atoms with E-state index in [4.69, 9.17) is 4.84 Å². The van der Waals surface area contributed by atoms with Crippen LogP contribution in [-0.2, 0) is 9.63 Å². The first-order valence-corrected chi connectivity index (χ1v) is 7.33. The van der Waals surface area contributed by atoms with E-state index in [-0.39, 0.29) is 23.7 Å². The highest BCUT2D eigenvalue weighted by molar-refractivity contribution is 5.86. The first-order chi connectivity index (χ1) is 9.23. The second-order valence-electron chi connectivity index (χ2n) is 5.78. The molecule has 5 heteroatoms. The highest BCUT2D eigenvalue weighted by Gasteiger charge is 2.35. The Kier molecular flexibility index (Phi) is 8.65. The van der Waals surface area contributed by atoms with Crippen LogP contribution >= 0.6 is 0 Å². The average Bonchev–Trinajstić information content (AvgIpc) is 2.38. The maximum atomic E-state index is 12.4. The van der Waals surface area contributed by atoms with Crippen molar-refractivity contribution in [2.24, 2.45) is 17.0 Å².